The number of pyridine rings is 1. The Labute approximate surface area is 117 Å². The van der Waals surface area contributed by atoms with Gasteiger partial charge in [0.1, 0.15) is 4.90 Å². The summed E-state index contributed by atoms with van der Waals surface area (Å²) in [7, 11) is -3.68. The average Bonchev–Trinajstić information content (AvgIpc) is 2.39. The monoisotopic (exact) mass is 296 g/mol. The van der Waals surface area contributed by atoms with Crippen molar-refractivity contribution in [3.8, 4) is 0 Å². The molecule has 0 saturated heterocycles. The minimum absolute atomic E-state index is 0.0144. The molecule has 0 bridgehead atoms. The van der Waals surface area contributed by atoms with Gasteiger partial charge in [-0.3, -0.25) is 4.98 Å². The second kappa shape index (κ2) is 5.69. The molecule has 2 aromatic rings. The van der Waals surface area contributed by atoms with Gasteiger partial charge in [0.05, 0.1) is 5.02 Å². The number of benzene rings is 1. The lowest BCUT2D eigenvalue weighted by atomic mass is 10.1. The highest BCUT2D eigenvalue weighted by Gasteiger charge is 2.21. The molecule has 1 atom stereocenters. The summed E-state index contributed by atoms with van der Waals surface area (Å²) >= 11 is 5.88. The van der Waals surface area contributed by atoms with Gasteiger partial charge in [-0.25, -0.2) is 13.1 Å². The lowest BCUT2D eigenvalue weighted by Gasteiger charge is -2.15. The van der Waals surface area contributed by atoms with Crippen LogP contribution in [0, 0.1) is 0 Å². The van der Waals surface area contributed by atoms with Crippen LogP contribution in [0.15, 0.2) is 53.7 Å². The Balaban J connectivity index is 2.26. The van der Waals surface area contributed by atoms with E-state index in [1.807, 2.05) is 30.3 Å². The standard InChI is InChI=1S/C13H13ClN2O2S/c1-10(11-5-3-2-4-6-11)16-19(17,18)13-9-15-8-7-12(13)14/h2-10,16H,1H3/t10-/m0/s1. The fourth-order valence-corrected chi connectivity index (χ4v) is 3.33. The third-order valence-electron chi connectivity index (χ3n) is 2.66. The fourth-order valence-electron chi connectivity index (χ4n) is 1.67. The van der Waals surface area contributed by atoms with Gasteiger partial charge in [0.25, 0.3) is 0 Å². The molecule has 2 rings (SSSR count). The lowest BCUT2D eigenvalue weighted by Crippen LogP contribution is -2.27. The van der Waals surface area contributed by atoms with E-state index in [-0.39, 0.29) is 16.0 Å². The van der Waals surface area contributed by atoms with Crippen molar-refractivity contribution in [1.82, 2.24) is 9.71 Å². The van der Waals surface area contributed by atoms with E-state index < -0.39 is 10.0 Å². The molecule has 1 N–H and O–H groups in total. The molecule has 100 valence electrons. The van der Waals surface area contributed by atoms with Crippen molar-refractivity contribution in [2.24, 2.45) is 0 Å². The van der Waals surface area contributed by atoms with Gasteiger partial charge in [-0.15, -0.1) is 0 Å². The van der Waals surface area contributed by atoms with Crippen LogP contribution in [-0.2, 0) is 10.0 Å². The first-order valence-electron chi connectivity index (χ1n) is 5.67. The van der Waals surface area contributed by atoms with Crippen LogP contribution in [-0.4, -0.2) is 13.4 Å². The van der Waals surface area contributed by atoms with Gasteiger partial charge in [-0.2, -0.15) is 0 Å². The molecule has 0 fully saturated rings. The molecule has 4 nitrogen and oxygen atoms in total. The fraction of sp³-hybridized carbons (Fsp3) is 0.154. The Morgan fingerprint density at radius 1 is 1.21 bits per heavy atom. The van der Waals surface area contributed by atoms with Gasteiger partial charge in [-0.05, 0) is 18.6 Å². The van der Waals surface area contributed by atoms with Crippen molar-refractivity contribution < 1.29 is 8.42 Å². The van der Waals surface area contributed by atoms with E-state index in [0.717, 1.165) is 5.56 Å². The number of hydrogen-bond donors (Lipinski definition) is 1. The van der Waals surface area contributed by atoms with Crippen LogP contribution in [0.2, 0.25) is 5.02 Å². The van der Waals surface area contributed by atoms with Gasteiger partial charge in [-0.1, -0.05) is 41.9 Å². The third kappa shape index (κ3) is 3.32. The number of rotatable bonds is 4. The Morgan fingerprint density at radius 2 is 1.89 bits per heavy atom. The topological polar surface area (TPSA) is 59.1 Å². The van der Waals surface area contributed by atoms with E-state index in [2.05, 4.69) is 9.71 Å². The first kappa shape index (κ1) is 14.0. The zero-order valence-electron chi connectivity index (χ0n) is 10.2. The van der Waals surface area contributed by atoms with E-state index >= 15 is 0 Å². The van der Waals surface area contributed by atoms with Crippen molar-refractivity contribution in [3.05, 3.63) is 59.4 Å². The number of nitrogens with one attached hydrogen (secondary N) is 1. The normalized spacial score (nSPS) is 13.2. The van der Waals surface area contributed by atoms with E-state index in [4.69, 9.17) is 11.6 Å². The van der Waals surface area contributed by atoms with Crippen LogP contribution in [0.25, 0.3) is 0 Å². The molecule has 0 aliphatic carbocycles. The summed E-state index contributed by atoms with van der Waals surface area (Å²) in [6.07, 6.45) is 2.68. The number of aromatic nitrogens is 1. The molecule has 1 aromatic carbocycles. The highest BCUT2D eigenvalue weighted by Crippen LogP contribution is 2.21. The quantitative estimate of drug-likeness (QED) is 0.944. The van der Waals surface area contributed by atoms with Crippen molar-refractivity contribution in [1.29, 1.82) is 0 Å². The second-order valence-electron chi connectivity index (χ2n) is 4.06. The molecule has 0 aliphatic rings. The summed E-state index contributed by atoms with van der Waals surface area (Å²) in [5.41, 5.74) is 0.881. The minimum Gasteiger partial charge on any atom is -0.263 e. The van der Waals surface area contributed by atoms with E-state index in [0.29, 0.717) is 0 Å². The van der Waals surface area contributed by atoms with Crippen LogP contribution < -0.4 is 4.72 Å². The van der Waals surface area contributed by atoms with Crippen molar-refractivity contribution in [3.63, 3.8) is 0 Å². The molecule has 1 heterocycles. The minimum atomic E-state index is -3.68. The van der Waals surface area contributed by atoms with Gasteiger partial charge in [0.15, 0.2) is 0 Å². The molecule has 19 heavy (non-hydrogen) atoms. The summed E-state index contributed by atoms with van der Waals surface area (Å²) in [6, 6.07) is 10.4. The molecular weight excluding hydrogens is 284 g/mol. The Morgan fingerprint density at radius 3 is 2.53 bits per heavy atom. The second-order valence-corrected chi connectivity index (χ2v) is 6.15. The number of halogens is 1. The van der Waals surface area contributed by atoms with E-state index in [1.54, 1.807) is 6.92 Å². The maximum atomic E-state index is 12.2. The molecule has 6 heteroatoms. The highest BCUT2D eigenvalue weighted by atomic mass is 35.5. The summed E-state index contributed by atoms with van der Waals surface area (Å²) in [5, 5.41) is 0.155. The molecule has 1 aromatic heterocycles. The van der Waals surface area contributed by atoms with E-state index in [1.165, 1.54) is 18.5 Å². The highest BCUT2D eigenvalue weighted by molar-refractivity contribution is 7.89. The van der Waals surface area contributed by atoms with Crippen molar-refractivity contribution in [2.75, 3.05) is 0 Å². The Kier molecular flexibility index (Phi) is 4.19. The first-order chi connectivity index (χ1) is 9.00. The predicted octanol–water partition coefficient (Wildman–Crippen LogP) is 2.77. The molecule has 0 aliphatic heterocycles. The van der Waals surface area contributed by atoms with Gasteiger partial charge < -0.3 is 0 Å². The SMILES string of the molecule is C[C@H](NS(=O)(=O)c1cnccc1Cl)c1ccccc1. The number of hydrogen-bond acceptors (Lipinski definition) is 3. The molecule has 0 radical (unpaired) electrons. The summed E-state index contributed by atoms with van der Waals surface area (Å²) in [5.74, 6) is 0. The van der Waals surface area contributed by atoms with Crippen LogP contribution in [0.3, 0.4) is 0 Å². The van der Waals surface area contributed by atoms with Crippen molar-refractivity contribution in [2.45, 2.75) is 17.9 Å². The van der Waals surface area contributed by atoms with Crippen molar-refractivity contribution >= 4 is 21.6 Å². The maximum Gasteiger partial charge on any atom is 0.244 e. The molecule has 0 amide bonds. The Bertz CT molecular complexity index is 659. The number of sulfonamides is 1. The maximum absolute atomic E-state index is 12.2. The zero-order valence-corrected chi connectivity index (χ0v) is 11.8. The van der Waals surface area contributed by atoms with Crippen LogP contribution in [0.1, 0.15) is 18.5 Å². The first-order valence-corrected chi connectivity index (χ1v) is 7.53. The summed E-state index contributed by atoms with van der Waals surface area (Å²) in [4.78, 5) is 3.77. The molecular formula is C13H13ClN2O2S. The summed E-state index contributed by atoms with van der Waals surface area (Å²) < 4.78 is 27.0. The van der Waals surface area contributed by atoms with Gasteiger partial charge in [0.2, 0.25) is 10.0 Å². The predicted molar refractivity (Wildman–Crippen MR) is 74.4 cm³/mol. The van der Waals surface area contributed by atoms with Gasteiger partial charge in [0, 0.05) is 18.4 Å². The Hall–Kier alpha value is -1.43. The lowest BCUT2D eigenvalue weighted by molar-refractivity contribution is 0.566. The molecule has 0 saturated carbocycles. The van der Waals surface area contributed by atoms with Crippen LogP contribution in [0.4, 0.5) is 0 Å². The largest absolute Gasteiger partial charge is 0.263 e. The third-order valence-corrected chi connectivity index (χ3v) is 4.66. The van der Waals surface area contributed by atoms with Crippen LogP contribution >= 0.6 is 11.6 Å². The zero-order chi connectivity index (χ0) is 13.9. The van der Waals surface area contributed by atoms with Crippen LogP contribution in [0.5, 0.6) is 0 Å². The molecule has 0 unspecified atom stereocenters. The average molecular weight is 297 g/mol. The van der Waals surface area contributed by atoms with E-state index in [9.17, 15) is 8.42 Å². The molecule has 0 spiro atoms. The number of nitrogens with zero attached hydrogens (tertiary/aromatic N) is 1. The summed E-state index contributed by atoms with van der Waals surface area (Å²) in [6.45, 7) is 1.77. The van der Waals surface area contributed by atoms with Gasteiger partial charge >= 0.3 is 0 Å². The smallest absolute Gasteiger partial charge is 0.244 e.